The van der Waals surface area contributed by atoms with Crippen molar-refractivity contribution in [3.05, 3.63) is 71.8 Å². The molecule has 2 aliphatic rings. The van der Waals surface area contributed by atoms with Crippen LogP contribution in [0.25, 0.3) is 0 Å². The highest BCUT2D eigenvalue weighted by Gasteiger charge is 2.37. The molecule has 7 heteroatoms. The number of nitrogens with zero attached hydrogens (tertiary/aromatic N) is 1. The summed E-state index contributed by atoms with van der Waals surface area (Å²) in [4.78, 5) is 15.4. The van der Waals surface area contributed by atoms with Crippen LogP contribution in [0, 0.1) is 0 Å². The van der Waals surface area contributed by atoms with Gasteiger partial charge < -0.3 is 24.3 Å². The van der Waals surface area contributed by atoms with Crippen molar-refractivity contribution in [2.75, 3.05) is 24.1 Å². The van der Waals surface area contributed by atoms with E-state index in [1.54, 1.807) is 12.0 Å². The number of methoxy groups -OCH3 is 1. The molecule has 1 amide bonds. The predicted molar refractivity (Wildman–Crippen MR) is 121 cm³/mol. The molecular weight excluding hydrogens is 408 g/mol. The third kappa shape index (κ3) is 3.36. The molecule has 0 aliphatic carbocycles. The zero-order valence-corrected chi connectivity index (χ0v) is 18.1. The van der Waals surface area contributed by atoms with Gasteiger partial charge in [0.1, 0.15) is 6.17 Å². The maximum atomic E-state index is 13.7. The first-order valence-corrected chi connectivity index (χ1v) is 10.5. The van der Waals surface area contributed by atoms with E-state index in [2.05, 4.69) is 5.32 Å². The second-order valence-corrected chi connectivity index (χ2v) is 7.85. The first kappa shape index (κ1) is 20.1. The summed E-state index contributed by atoms with van der Waals surface area (Å²) in [7, 11) is 1.61. The Balaban J connectivity index is 1.68. The fourth-order valence-corrected chi connectivity index (χ4v) is 4.04. The van der Waals surface area contributed by atoms with Crippen molar-refractivity contribution in [3.8, 4) is 23.0 Å². The summed E-state index contributed by atoms with van der Waals surface area (Å²) >= 11 is 0. The van der Waals surface area contributed by atoms with E-state index in [1.165, 1.54) is 0 Å². The Kier molecular flexibility index (Phi) is 5.01. The van der Waals surface area contributed by atoms with Gasteiger partial charge in [-0.05, 0) is 44.2 Å². The number of benzene rings is 3. The van der Waals surface area contributed by atoms with Crippen LogP contribution in [0.3, 0.4) is 0 Å². The largest absolute Gasteiger partial charge is 0.493 e. The monoisotopic (exact) mass is 432 g/mol. The maximum absolute atomic E-state index is 13.7. The van der Waals surface area contributed by atoms with Gasteiger partial charge in [-0.3, -0.25) is 9.69 Å². The lowest BCUT2D eigenvalue weighted by atomic mass is 10.0. The van der Waals surface area contributed by atoms with E-state index < -0.39 is 6.17 Å². The van der Waals surface area contributed by atoms with Crippen molar-refractivity contribution >= 4 is 17.3 Å². The van der Waals surface area contributed by atoms with Crippen LogP contribution in [0.1, 0.15) is 35.9 Å². The molecule has 1 unspecified atom stereocenters. The van der Waals surface area contributed by atoms with Gasteiger partial charge in [0.05, 0.1) is 24.5 Å². The van der Waals surface area contributed by atoms with E-state index in [4.69, 9.17) is 18.9 Å². The summed E-state index contributed by atoms with van der Waals surface area (Å²) in [6.45, 7) is 4.08. The van der Waals surface area contributed by atoms with Gasteiger partial charge in [-0.2, -0.15) is 0 Å². The van der Waals surface area contributed by atoms with Crippen molar-refractivity contribution in [3.63, 3.8) is 0 Å². The minimum absolute atomic E-state index is 0.0735. The lowest BCUT2D eigenvalue weighted by Crippen LogP contribution is -2.43. The maximum Gasteiger partial charge on any atom is 0.262 e. The molecule has 0 saturated heterocycles. The SMILES string of the molecule is COc1cccc(C2Nc3ccccc3C(=O)N2c2ccc3c(c2)OCO3)c1OC(C)C. The standard InChI is InChI=1S/C25H24N2O5/c1-15(2)32-23-18(8-6-10-21(23)29-3)24-26-19-9-5-4-7-17(19)25(28)27(24)16-11-12-20-22(13-16)31-14-30-20/h4-13,15,24,26H,14H2,1-3H3. The van der Waals surface area contributed by atoms with Gasteiger partial charge in [0.2, 0.25) is 6.79 Å². The molecular formula is C25H24N2O5. The Bertz CT molecular complexity index is 1180. The molecule has 5 rings (SSSR count). The van der Waals surface area contributed by atoms with Gasteiger partial charge in [0, 0.05) is 17.3 Å². The third-order valence-corrected chi connectivity index (χ3v) is 5.44. The van der Waals surface area contributed by atoms with Crippen LogP contribution in [0.2, 0.25) is 0 Å². The van der Waals surface area contributed by atoms with Gasteiger partial charge in [-0.25, -0.2) is 0 Å². The first-order chi connectivity index (χ1) is 15.6. The molecule has 2 heterocycles. The summed E-state index contributed by atoms with van der Waals surface area (Å²) in [5, 5.41) is 3.52. The average Bonchev–Trinajstić information content (AvgIpc) is 3.27. The van der Waals surface area contributed by atoms with Crippen LogP contribution >= 0.6 is 0 Å². The number of hydrogen-bond acceptors (Lipinski definition) is 6. The van der Waals surface area contributed by atoms with E-state index in [9.17, 15) is 4.79 Å². The zero-order chi connectivity index (χ0) is 22.2. The van der Waals surface area contributed by atoms with Crippen molar-refractivity contribution in [1.29, 1.82) is 0 Å². The minimum atomic E-state index is -0.526. The molecule has 0 aromatic heterocycles. The number of anilines is 2. The quantitative estimate of drug-likeness (QED) is 0.613. The number of carbonyl (C=O) groups is 1. The summed E-state index contributed by atoms with van der Waals surface area (Å²) in [5.74, 6) is 2.35. The van der Waals surface area contributed by atoms with Crippen LogP contribution in [0.4, 0.5) is 11.4 Å². The molecule has 0 spiro atoms. The molecule has 32 heavy (non-hydrogen) atoms. The molecule has 1 N–H and O–H groups in total. The zero-order valence-electron chi connectivity index (χ0n) is 18.1. The second-order valence-electron chi connectivity index (χ2n) is 7.85. The first-order valence-electron chi connectivity index (χ1n) is 10.5. The van der Waals surface area contributed by atoms with Gasteiger partial charge in [-0.1, -0.05) is 24.3 Å². The van der Waals surface area contributed by atoms with E-state index in [1.807, 2.05) is 74.5 Å². The number of carbonyl (C=O) groups excluding carboxylic acids is 1. The number of ether oxygens (including phenoxy) is 4. The number of fused-ring (bicyclic) bond motifs is 2. The highest BCUT2D eigenvalue weighted by atomic mass is 16.7. The van der Waals surface area contributed by atoms with E-state index in [0.29, 0.717) is 34.2 Å². The third-order valence-electron chi connectivity index (χ3n) is 5.44. The van der Waals surface area contributed by atoms with E-state index >= 15 is 0 Å². The summed E-state index contributed by atoms with van der Waals surface area (Å²) < 4.78 is 22.8. The van der Waals surface area contributed by atoms with Crippen LogP contribution < -0.4 is 29.2 Å². The average molecular weight is 432 g/mol. The fourth-order valence-electron chi connectivity index (χ4n) is 4.04. The van der Waals surface area contributed by atoms with Crippen molar-refractivity contribution < 1.29 is 23.7 Å². The highest BCUT2D eigenvalue weighted by Crippen LogP contribution is 2.45. The van der Waals surface area contributed by atoms with Gasteiger partial charge >= 0.3 is 0 Å². The molecule has 0 bridgehead atoms. The second kappa shape index (κ2) is 8.00. The summed E-state index contributed by atoms with van der Waals surface area (Å²) in [6.07, 6.45) is -0.600. The van der Waals surface area contributed by atoms with Gasteiger partial charge in [-0.15, -0.1) is 0 Å². The van der Waals surface area contributed by atoms with Crippen LogP contribution in [-0.4, -0.2) is 25.9 Å². The molecule has 2 aliphatic heterocycles. The molecule has 164 valence electrons. The van der Waals surface area contributed by atoms with Crippen molar-refractivity contribution in [2.24, 2.45) is 0 Å². The lowest BCUT2D eigenvalue weighted by Gasteiger charge is -2.39. The van der Waals surface area contributed by atoms with Crippen LogP contribution in [0.5, 0.6) is 23.0 Å². The van der Waals surface area contributed by atoms with Crippen molar-refractivity contribution in [1.82, 2.24) is 0 Å². The number of hydrogen-bond donors (Lipinski definition) is 1. The van der Waals surface area contributed by atoms with E-state index in [0.717, 1.165) is 11.3 Å². The molecule has 3 aromatic carbocycles. The Morgan fingerprint density at radius 1 is 1.03 bits per heavy atom. The summed E-state index contributed by atoms with van der Waals surface area (Å²) in [5.41, 5.74) is 2.83. The van der Waals surface area contributed by atoms with Gasteiger partial charge in [0.25, 0.3) is 5.91 Å². The van der Waals surface area contributed by atoms with Crippen LogP contribution in [-0.2, 0) is 0 Å². The normalized spacial score (nSPS) is 16.6. The highest BCUT2D eigenvalue weighted by molar-refractivity contribution is 6.12. The van der Waals surface area contributed by atoms with Gasteiger partial charge in [0.15, 0.2) is 23.0 Å². The number of amides is 1. The topological polar surface area (TPSA) is 69.3 Å². The van der Waals surface area contributed by atoms with E-state index in [-0.39, 0.29) is 18.8 Å². The molecule has 7 nitrogen and oxygen atoms in total. The minimum Gasteiger partial charge on any atom is -0.493 e. The Labute approximate surface area is 186 Å². The summed E-state index contributed by atoms with van der Waals surface area (Å²) in [6, 6.07) is 18.7. The number of para-hydroxylation sites is 2. The molecule has 0 saturated carbocycles. The van der Waals surface area contributed by atoms with Crippen molar-refractivity contribution in [2.45, 2.75) is 26.1 Å². The molecule has 1 atom stereocenters. The number of rotatable bonds is 5. The fraction of sp³-hybridized carbons (Fsp3) is 0.240. The smallest absolute Gasteiger partial charge is 0.262 e. The molecule has 0 fully saturated rings. The predicted octanol–water partition coefficient (Wildman–Crippen LogP) is 4.98. The molecule has 0 radical (unpaired) electrons. The number of nitrogens with one attached hydrogen (secondary N) is 1. The lowest BCUT2D eigenvalue weighted by molar-refractivity contribution is 0.0974. The van der Waals surface area contributed by atoms with Crippen LogP contribution in [0.15, 0.2) is 60.7 Å². The molecule has 3 aromatic rings. The Hall–Kier alpha value is -3.87. The Morgan fingerprint density at radius 2 is 1.84 bits per heavy atom. The Morgan fingerprint density at radius 3 is 2.66 bits per heavy atom.